The number of nitrogens with one attached hydrogen (secondary N) is 1. The van der Waals surface area contributed by atoms with Crippen LogP contribution in [0.4, 0.5) is 9.52 Å². The number of carbonyl (C=O) groups is 3. The van der Waals surface area contributed by atoms with Gasteiger partial charge in [0, 0.05) is 43.9 Å². The zero-order valence-corrected chi connectivity index (χ0v) is 24.8. The molecule has 1 unspecified atom stereocenters. The summed E-state index contributed by atoms with van der Waals surface area (Å²) in [7, 11) is 2.06. The molecule has 2 fully saturated rings. The SMILES string of the molecule is C#CC1CN(C(=O)[C@H](CC(C)C)NC(=O)c2ccc(-c3nc(N4CCN(C)CC4)sc3F)cc2)[C@H](C)[C@@H]1OCC=O. The molecule has 2 aromatic rings. The lowest BCUT2D eigenvalue weighted by molar-refractivity contribution is -0.135. The molecule has 0 radical (unpaired) electrons. The Morgan fingerprint density at radius 1 is 1.24 bits per heavy atom. The molecule has 11 heteroatoms. The summed E-state index contributed by atoms with van der Waals surface area (Å²) >= 11 is 1.03. The minimum atomic E-state index is -0.769. The van der Waals surface area contributed by atoms with E-state index in [-0.39, 0.29) is 47.8 Å². The molecule has 9 nitrogen and oxygen atoms in total. The molecule has 1 aromatic heterocycles. The molecule has 0 spiro atoms. The van der Waals surface area contributed by atoms with Crippen LogP contribution in [0.2, 0.25) is 0 Å². The van der Waals surface area contributed by atoms with Crippen molar-refractivity contribution in [2.24, 2.45) is 11.8 Å². The molecule has 2 saturated heterocycles. The van der Waals surface area contributed by atoms with Crippen LogP contribution in [-0.2, 0) is 14.3 Å². The number of terminal acetylenes is 1. The van der Waals surface area contributed by atoms with Gasteiger partial charge in [0.1, 0.15) is 24.6 Å². The first-order valence-corrected chi connectivity index (χ1v) is 14.8. The van der Waals surface area contributed by atoms with E-state index in [2.05, 4.69) is 33.1 Å². The molecule has 220 valence electrons. The quantitative estimate of drug-likeness (QED) is 0.340. The lowest BCUT2D eigenvalue weighted by Crippen LogP contribution is -2.51. The van der Waals surface area contributed by atoms with Crippen LogP contribution in [0.15, 0.2) is 24.3 Å². The summed E-state index contributed by atoms with van der Waals surface area (Å²) < 4.78 is 20.5. The molecule has 2 aliphatic heterocycles. The molecule has 2 amide bonds. The van der Waals surface area contributed by atoms with Gasteiger partial charge in [-0.15, -0.1) is 6.42 Å². The first-order chi connectivity index (χ1) is 19.6. The number of rotatable bonds is 10. The number of likely N-dealkylation sites (N-methyl/N-ethyl adjacent to an activating group) is 1. The Balaban J connectivity index is 1.45. The summed E-state index contributed by atoms with van der Waals surface area (Å²) in [5.41, 5.74) is 1.20. The number of hydrogen-bond acceptors (Lipinski definition) is 8. The smallest absolute Gasteiger partial charge is 0.251 e. The van der Waals surface area contributed by atoms with Gasteiger partial charge in [0.2, 0.25) is 11.0 Å². The number of aldehydes is 1. The minimum Gasteiger partial charge on any atom is -0.367 e. The number of amides is 2. The number of piperazine rings is 1. The van der Waals surface area contributed by atoms with E-state index in [0.717, 1.165) is 37.5 Å². The van der Waals surface area contributed by atoms with Gasteiger partial charge >= 0.3 is 0 Å². The molecule has 3 heterocycles. The minimum absolute atomic E-state index is 0.0979. The normalized spacial score (nSPS) is 22.0. The van der Waals surface area contributed by atoms with Crippen LogP contribution < -0.4 is 10.2 Å². The van der Waals surface area contributed by atoms with Gasteiger partial charge in [-0.05, 0) is 38.4 Å². The standard InChI is InChI=1S/C30H38FN5O4S/c1-6-21-18-36(20(4)26(21)40-16-15-37)29(39)24(17-19(2)3)32-28(38)23-9-7-22(8-10-23)25-27(31)41-30(33-25)35-13-11-34(5)12-14-35/h1,7-10,15,19-21,24,26H,11-14,16-18H2,2-5H3,(H,32,38)/t20-,21?,24+,26+/m1/s1. The van der Waals surface area contributed by atoms with Gasteiger partial charge in [0.25, 0.3) is 5.91 Å². The molecule has 2 aliphatic rings. The monoisotopic (exact) mass is 583 g/mol. The number of nitrogens with zero attached hydrogens (tertiary/aromatic N) is 4. The molecule has 1 aromatic carbocycles. The summed E-state index contributed by atoms with van der Waals surface area (Å²) in [5, 5.41) is 3.19. The highest BCUT2D eigenvalue weighted by atomic mass is 32.1. The molecule has 41 heavy (non-hydrogen) atoms. The zero-order chi connectivity index (χ0) is 29.7. The van der Waals surface area contributed by atoms with Crippen molar-refractivity contribution in [2.45, 2.75) is 45.4 Å². The maximum Gasteiger partial charge on any atom is 0.251 e. The summed E-state index contributed by atoms with van der Waals surface area (Å²) in [6, 6.07) is 5.47. The Bertz CT molecular complexity index is 1270. The molecule has 0 bridgehead atoms. The van der Waals surface area contributed by atoms with Crippen molar-refractivity contribution in [3.63, 3.8) is 0 Å². The predicted octanol–water partition coefficient (Wildman–Crippen LogP) is 2.91. The number of anilines is 1. The number of likely N-dealkylation sites (tertiary alicyclic amines) is 1. The highest BCUT2D eigenvalue weighted by molar-refractivity contribution is 7.14. The van der Waals surface area contributed by atoms with Crippen LogP contribution in [0.1, 0.15) is 37.6 Å². The maximum absolute atomic E-state index is 14.9. The van der Waals surface area contributed by atoms with Crippen LogP contribution in [0.25, 0.3) is 11.3 Å². The summed E-state index contributed by atoms with van der Waals surface area (Å²) in [6.45, 7) is 9.38. The fourth-order valence-electron chi connectivity index (χ4n) is 5.36. The molecule has 1 N–H and O–H groups in total. The van der Waals surface area contributed by atoms with Crippen LogP contribution in [-0.4, -0.2) is 97.5 Å². The number of halogens is 1. The number of carbonyl (C=O) groups excluding carboxylic acids is 3. The second-order valence-electron chi connectivity index (χ2n) is 11.1. The van der Waals surface area contributed by atoms with Crippen molar-refractivity contribution >= 4 is 34.6 Å². The highest BCUT2D eigenvalue weighted by Gasteiger charge is 2.43. The van der Waals surface area contributed by atoms with Crippen molar-refractivity contribution in [1.29, 1.82) is 0 Å². The first-order valence-electron chi connectivity index (χ1n) is 14.0. The molecule has 0 aliphatic carbocycles. The van der Waals surface area contributed by atoms with Crippen LogP contribution >= 0.6 is 11.3 Å². The Labute approximate surface area is 245 Å². The van der Waals surface area contributed by atoms with Gasteiger partial charge in [-0.3, -0.25) is 9.59 Å². The van der Waals surface area contributed by atoms with E-state index in [1.54, 1.807) is 29.2 Å². The van der Waals surface area contributed by atoms with E-state index in [4.69, 9.17) is 11.2 Å². The van der Waals surface area contributed by atoms with Gasteiger partial charge in [0.15, 0.2) is 5.13 Å². The summed E-state index contributed by atoms with van der Waals surface area (Å²) in [6.07, 6.45) is 6.32. The van der Waals surface area contributed by atoms with E-state index in [1.807, 2.05) is 20.8 Å². The number of aromatic nitrogens is 1. The van der Waals surface area contributed by atoms with E-state index >= 15 is 0 Å². The van der Waals surface area contributed by atoms with E-state index < -0.39 is 18.1 Å². The summed E-state index contributed by atoms with van der Waals surface area (Å²) in [4.78, 5) is 48.2. The van der Waals surface area contributed by atoms with Crippen molar-refractivity contribution in [1.82, 2.24) is 20.1 Å². The number of hydrogen-bond donors (Lipinski definition) is 1. The largest absolute Gasteiger partial charge is 0.367 e. The second-order valence-corrected chi connectivity index (χ2v) is 12.0. The van der Waals surface area contributed by atoms with Gasteiger partial charge in [-0.1, -0.05) is 43.2 Å². The number of ether oxygens (including phenoxy) is 1. The lowest BCUT2D eigenvalue weighted by Gasteiger charge is -2.31. The average Bonchev–Trinajstić information content (AvgIpc) is 3.50. The first kappa shape index (κ1) is 30.6. The Hall–Kier alpha value is -3.33. The highest BCUT2D eigenvalue weighted by Crippen LogP contribution is 2.32. The molecule has 4 atom stereocenters. The van der Waals surface area contributed by atoms with Crippen molar-refractivity contribution in [2.75, 3.05) is 51.3 Å². The average molecular weight is 584 g/mol. The third-order valence-corrected chi connectivity index (χ3v) is 8.59. The third kappa shape index (κ3) is 7.12. The fraction of sp³-hybridized carbons (Fsp3) is 0.533. The van der Waals surface area contributed by atoms with E-state index in [9.17, 15) is 18.8 Å². The van der Waals surface area contributed by atoms with Crippen LogP contribution in [0, 0.1) is 29.3 Å². The Kier molecular flexibility index (Phi) is 10.1. The van der Waals surface area contributed by atoms with Gasteiger partial charge in [-0.25, -0.2) is 4.98 Å². The zero-order valence-electron chi connectivity index (χ0n) is 24.0. The molecular weight excluding hydrogens is 545 g/mol. The van der Waals surface area contributed by atoms with Crippen molar-refractivity contribution in [3.05, 3.63) is 35.0 Å². The topological polar surface area (TPSA) is 95.1 Å². The van der Waals surface area contributed by atoms with E-state index in [1.165, 1.54) is 0 Å². The lowest BCUT2D eigenvalue weighted by atomic mass is 10.0. The summed E-state index contributed by atoms with van der Waals surface area (Å²) in [5.74, 6) is 1.82. The van der Waals surface area contributed by atoms with E-state index in [0.29, 0.717) is 29.0 Å². The van der Waals surface area contributed by atoms with Crippen LogP contribution in [0.5, 0.6) is 0 Å². The van der Waals surface area contributed by atoms with Crippen molar-refractivity contribution < 1.29 is 23.5 Å². The third-order valence-electron chi connectivity index (χ3n) is 7.69. The Morgan fingerprint density at radius 3 is 2.54 bits per heavy atom. The predicted molar refractivity (Wildman–Crippen MR) is 157 cm³/mol. The fourth-order valence-corrected chi connectivity index (χ4v) is 6.22. The molecule has 4 rings (SSSR count). The number of benzene rings is 1. The van der Waals surface area contributed by atoms with Gasteiger partial charge < -0.3 is 29.5 Å². The Morgan fingerprint density at radius 2 is 1.93 bits per heavy atom. The molecular formula is C30H38FN5O4S. The van der Waals surface area contributed by atoms with Gasteiger partial charge in [-0.2, -0.15) is 4.39 Å². The molecule has 0 saturated carbocycles. The van der Waals surface area contributed by atoms with Crippen LogP contribution in [0.3, 0.4) is 0 Å². The second kappa shape index (κ2) is 13.6. The van der Waals surface area contributed by atoms with Gasteiger partial charge in [0.05, 0.1) is 18.1 Å². The number of thiazole rings is 1. The maximum atomic E-state index is 14.9. The van der Waals surface area contributed by atoms with Crippen molar-refractivity contribution in [3.8, 4) is 23.6 Å².